The molecule has 0 aliphatic carbocycles. The zero-order valence-electron chi connectivity index (χ0n) is 17.4. The molecule has 9 heteroatoms. The summed E-state index contributed by atoms with van der Waals surface area (Å²) in [6.07, 6.45) is 0.137. The third-order valence-corrected chi connectivity index (χ3v) is 7.32. The first-order valence-corrected chi connectivity index (χ1v) is 13.1. The van der Waals surface area contributed by atoms with Crippen LogP contribution in [0, 0.1) is 0 Å². The lowest BCUT2D eigenvalue weighted by atomic mass is 10.00. The fourth-order valence-electron chi connectivity index (χ4n) is 3.28. The van der Waals surface area contributed by atoms with Crippen LogP contribution in [0.15, 0.2) is 65.8 Å². The van der Waals surface area contributed by atoms with Crippen molar-refractivity contribution in [1.29, 1.82) is 0 Å². The minimum atomic E-state index is -4.11. The van der Waals surface area contributed by atoms with Crippen molar-refractivity contribution >= 4 is 42.0 Å². The van der Waals surface area contributed by atoms with E-state index in [9.17, 15) is 4.57 Å². The van der Waals surface area contributed by atoms with Gasteiger partial charge >= 0.3 is 7.60 Å². The van der Waals surface area contributed by atoms with E-state index >= 15 is 0 Å². The molecule has 0 fully saturated rings. The summed E-state index contributed by atoms with van der Waals surface area (Å²) in [6, 6.07) is 19.8. The summed E-state index contributed by atoms with van der Waals surface area (Å²) in [7, 11) is -4.11. The molecule has 6 nitrogen and oxygen atoms in total. The monoisotopic (exact) mass is 488 g/mol. The number of H-pyrrole nitrogens is 1. The number of hydrogen-bond donors (Lipinski definition) is 3. The second-order valence-corrected chi connectivity index (χ2v) is 11.0. The first-order valence-electron chi connectivity index (χ1n) is 9.92. The molecule has 0 bridgehead atoms. The minimum Gasteiger partial charge on any atom is -0.491 e. The Bertz CT molecular complexity index is 1280. The molecule has 0 spiro atoms. The highest BCUT2D eigenvalue weighted by Crippen LogP contribution is 2.41. The van der Waals surface area contributed by atoms with Crippen molar-refractivity contribution < 1.29 is 19.1 Å². The van der Waals surface area contributed by atoms with E-state index in [1.165, 1.54) is 0 Å². The fourth-order valence-corrected chi connectivity index (χ4v) is 5.06. The number of benzene rings is 3. The molecule has 3 aromatic carbocycles. The second-order valence-electron chi connectivity index (χ2n) is 7.60. The standard InChI is InChI=1S/C23H22ClN2O4PS/c1-14(2)30-18-9-7-16(8-10-18)15-3-5-17(6-4-15)19-11-21-22(12-20(19)24)26-23(25-21)32-13-31(27,28)29/h3-12,14H,13H2,1-2H3,(H,25,26)(H2,27,28,29). The quantitative estimate of drug-likeness (QED) is 0.201. The minimum absolute atomic E-state index is 0.137. The molecule has 0 saturated carbocycles. The maximum Gasteiger partial charge on any atom is 0.335 e. The average Bonchev–Trinajstić information content (AvgIpc) is 3.13. The van der Waals surface area contributed by atoms with Gasteiger partial charge in [0.25, 0.3) is 0 Å². The molecule has 0 atom stereocenters. The van der Waals surface area contributed by atoms with Crippen LogP contribution >= 0.6 is 31.0 Å². The summed E-state index contributed by atoms with van der Waals surface area (Å²) in [5.74, 6) is 0.845. The van der Waals surface area contributed by atoms with Gasteiger partial charge in [-0.3, -0.25) is 4.57 Å². The van der Waals surface area contributed by atoms with E-state index in [2.05, 4.69) is 9.97 Å². The van der Waals surface area contributed by atoms with Gasteiger partial charge in [0.15, 0.2) is 5.16 Å². The van der Waals surface area contributed by atoms with Crippen molar-refractivity contribution in [3.63, 3.8) is 0 Å². The highest BCUT2D eigenvalue weighted by Gasteiger charge is 2.16. The number of nitrogens with one attached hydrogen (secondary N) is 1. The molecule has 1 heterocycles. The summed E-state index contributed by atoms with van der Waals surface area (Å²) in [4.78, 5) is 25.6. The van der Waals surface area contributed by atoms with E-state index in [1.54, 1.807) is 6.07 Å². The van der Waals surface area contributed by atoms with E-state index < -0.39 is 7.60 Å². The Hall–Kier alpha value is -2.28. The Balaban J connectivity index is 1.57. The summed E-state index contributed by atoms with van der Waals surface area (Å²) in [5.41, 5.74) is 5.03. The molecular formula is C23H22ClN2O4PS. The van der Waals surface area contributed by atoms with Gasteiger partial charge in [-0.25, -0.2) is 4.98 Å². The highest BCUT2D eigenvalue weighted by molar-refractivity contribution is 8.04. The van der Waals surface area contributed by atoms with Gasteiger partial charge in [0.2, 0.25) is 0 Å². The second kappa shape index (κ2) is 9.30. The molecular weight excluding hydrogens is 467 g/mol. The van der Waals surface area contributed by atoms with E-state index in [0.717, 1.165) is 39.8 Å². The summed E-state index contributed by atoms with van der Waals surface area (Å²) in [6.45, 7) is 4.00. The van der Waals surface area contributed by atoms with E-state index in [0.29, 0.717) is 21.2 Å². The number of aromatic amines is 1. The van der Waals surface area contributed by atoms with Crippen molar-refractivity contribution in [3.8, 4) is 28.0 Å². The number of imidazole rings is 1. The van der Waals surface area contributed by atoms with Crippen LogP contribution in [0.5, 0.6) is 5.75 Å². The van der Waals surface area contributed by atoms with Crippen molar-refractivity contribution in [3.05, 3.63) is 65.7 Å². The molecule has 4 aromatic rings. The van der Waals surface area contributed by atoms with Crippen molar-refractivity contribution in [2.45, 2.75) is 25.1 Å². The predicted molar refractivity (Wildman–Crippen MR) is 131 cm³/mol. The van der Waals surface area contributed by atoms with Crippen LogP contribution in [-0.2, 0) is 4.57 Å². The van der Waals surface area contributed by atoms with Crippen molar-refractivity contribution in [2.24, 2.45) is 0 Å². The van der Waals surface area contributed by atoms with E-state index in [1.807, 2.05) is 68.4 Å². The number of thioether (sulfide) groups is 1. The van der Waals surface area contributed by atoms with Gasteiger partial charge in [-0.2, -0.15) is 0 Å². The van der Waals surface area contributed by atoms with Crippen LogP contribution in [-0.4, -0.2) is 31.4 Å². The SMILES string of the molecule is CC(C)Oc1ccc(-c2ccc(-c3cc4nc(SCP(=O)(O)O)[nH]c4cc3Cl)cc2)cc1. The van der Waals surface area contributed by atoms with E-state index in [4.69, 9.17) is 26.1 Å². The summed E-state index contributed by atoms with van der Waals surface area (Å²) in [5, 5.41) is 1.01. The Morgan fingerprint density at radius 3 is 2.22 bits per heavy atom. The summed E-state index contributed by atoms with van der Waals surface area (Å²) >= 11 is 7.50. The Labute approximate surface area is 195 Å². The molecule has 0 unspecified atom stereocenters. The Morgan fingerprint density at radius 2 is 1.62 bits per heavy atom. The highest BCUT2D eigenvalue weighted by atomic mass is 35.5. The van der Waals surface area contributed by atoms with Crippen LogP contribution in [0.25, 0.3) is 33.3 Å². The molecule has 0 saturated heterocycles. The number of aromatic nitrogens is 2. The number of nitrogens with zero attached hydrogens (tertiary/aromatic N) is 1. The maximum atomic E-state index is 11.1. The fraction of sp³-hybridized carbons (Fsp3) is 0.174. The largest absolute Gasteiger partial charge is 0.491 e. The third-order valence-electron chi connectivity index (χ3n) is 4.67. The van der Waals surface area contributed by atoms with Gasteiger partial charge < -0.3 is 19.5 Å². The first kappa shape index (κ1) is 22.9. The zero-order valence-corrected chi connectivity index (χ0v) is 19.9. The molecule has 0 amide bonds. The van der Waals surface area contributed by atoms with Crippen LogP contribution in [0.3, 0.4) is 0 Å². The van der Waals surface area contributed by atoms with Crippen LogP contribution < -0.4 is 4.74 Å². The van der Waals surface area contributed by atoms with Gasteiger partial charge in [-0.05, 0) is 54.8 Å². The molecule has 0 aliphatic heterocycles. The molecule has 0 radical (unpaired) electrons. The Kier molecular flexibility index (Phi) is 6.65. The lowest BCUT2D eigenvalue weighted by Gasteiger charge is -2.10. The van der Waals surface area contributed by atoms with Gasteiger partial charge in [-0.1, -0.05) is 59.8 Å². The van der Waals surface area contributed by atoms with Crippen LogP contribution in [0.2, 0.25) is 5.02 Å². The topological polar surface area (TPSA) is 95.4 Å². The molecule has 3 N–H and O–H groups in total. The van der Waals surface area contributed by atoms with Crippen LogP contribution in [0.1, 0.15) is 13.8 Å². The average molecular weight is 489 g/mol. The zero-order chi connectivity index (χ0) is 22.9. The lowest BCUT2D eigenvalue weighted by molar-refractivity contribution is 0.242. The number of hydrogen-bond acceptors (Lipinski definition) is 4. The predicted octanol–water partition coefficient (Wildman–Crippen LogP) is 6.56. The number of rotatable bonds is 7. The summed E-state index contributed by atoms with van der Waals surface area (Å²) < 4.78 is 16.8. The van der Waals surface area contributed by atoms with Gasteiger partial charge in [0.05, 0.1) is 22.2 Å². The van der Waals surface area contributed by atoms with Gasteiger partial charge in [0, 0.05) is 5.56 Å². The lowest BCUT2D eigenvalue weighted by Crippen LogP contribution is -2.05. The number of fused-ring (bicyclic) bond motifs is 1. The van der Waals surface area contributed by atoms with Crippen LogP contribution in [0.4, 0.5) is 0 Å². The smallest absolute Gasteiger partial charge is 0.335 e. The maximum absolute atomic E-state index is 11.1. The molecule has 32 heavy (non-hydrogen) atoms. The van der Waals surface area contributed by atoms with Gasteiger partial charge in [0.1, 0.15) is 11.2 Å². The van der Waals surface area contributed by atoms with Crippen molar-refractivity contribution in [2.75, 3.05) is 5.49 Å². The van der Waals surface area contributed by atoms with Crippen molar-refractivity contribution in [1.82, 2.24) is 9.97 Å². The number of ether oxygens (including phenoxy) is 1. The number of halogens is 1. The molecule has 0 aliphatic rings. The molecule has 166 valence electrons. The van der Waals surface area contributed by atoms with Gasteiger partial charge in [-0.15, -0.1) is 0 Å². The first-order chi connectivity index (χ1) is 15.2. The molecule has 4 rings (SSSR count). The molecule has 1 aromatic heterocycles. The normalized spacial score (nSPS) is 11.9. The Morgan fingerprint density at radius 1 is 1.03 bits per heavy atom. The third kappa shape index (κ3) is 5.55. The van der Waals surface area contributed by atoms with E-state index in [-0.39, 0.29) is 11.6 Å².